The predicted molar refractivity (Wildman–Crippen MR) is 80.1 cm³/mol. The first kappa shape index (κ1) is 15.3. The van der Waals surface area contributed by atoms with Crippen LogP contribution in [0.5, 0.6) is 0 Å². The van der Waals surface area contributed by atoms with Crippen LogP contribution >= 0.6 is 0 Å². The number of nitrogens with two attached hydrogens (primary N) is 1. The van der Waals surface area contributed by atoms with Gasteiger partial charge in [-0.2, -0.15) is 0 Å². The van der Waals surface area contributed by atoms with Crippen molar-refractivity contribution in [2.75, 3.05) is 33.4 Å². The van der Waals surface area contributed by atoms with Crippen LogP contribution in [0.2, 0.25) is 0 Å². The Balaban J connectivity index is 1.63. The van der Waals surface area contributed by atoms with E-state index in [1.165, 1.54) is 32.1 Å². The quantitative estimate of drug-likeness (QED) is 0.721. The number of hydrogen-bond acceptors (Lipinski definition) is 3. The fraction of sp³-hybridized carbons (Fsp3) is 1.00. The number of rotatable bonds is 7. The van der Waals surface area contributed by atoms with E-state index in [9.17, 15) is 0 Å². The zero-order chi connectivity index (χ0) is 13.9. The number of hydrogen-bond donors (Lipinski definition) is 1. The van der Waals surface area contributed by atoms with Gasteiger partial charge in [-0.25, -0.2) is 0 Å². The van der Waals surface area contributed by atoms with Crippen molar-refractivity contribution in [3.63, 3.8) is 0 Å². The maximum absolute atomic E-state index is 6.29. The second-order valence-corrected chi connectivity index (χ2v) is 7.61. The first-order chi connectivity index (χ1) is 8.96. The lowest BCUT2D eigenvalue weighted by atomic mass is 9.70. The molecule has 0 saturated heterocycles. The molecule has 0 heterocycles. The van der Waals surface area contributed by atoms with Crippen molar-refractivity contribution in [3.8, 4) is 0 Å². The van der Waals surface area contributed by atoms with E-state index < -0.39 is 0 Å². The Morgan fingerprint density at radius 3 is 2.68 bits per heavy atom. The Labute approximate surface area is 118 Å². The third kappa shape index (κ3) is 5.41. The molecule has 3 heteroatoms. The molecule has 2 saturated carbocycles. The topological polar surface area (TPSA) is 38.5 Å². The van der Waals surface area contributed by atoms with Crippen LogP contribution < -0.4 is 5.73 Å². The van der Waals surface area contributed by atoms with E-state index in [-0.39, 0.29) is 0 Å². The average molecular weight is 268 g/mol. The van der Waals surface area contributed by atoms with Crippen LogP contribution in [0.3, 0.4) is 0 Å². The second kappa shape index (κ2) is 6.55. The number of ether oxygens (including phenoxy) is 1. The molecule has 0 spiro atoms. The summed E-state index contributed by atoms with van der Waals surface area (Å²) in [7, 11) is 2.20. The molecule has 0 amide bonds. The van der Waals surface area contributed by atoms with Crippen LogP contribution in [0, 0.1) is 17.3 Å². The molecule has 0 aromatic rings. The first-order valence-electron chi connectivity index (χ1n) is 7.98. The molecular weight excluding hydrogens is 236 g/mol. The Hall–Kier alpha value is -0.120. The molecule has 2 aliphatic rings. The minimum atomic E-state index is 0.392. The molecule has 2 unspecified atom stereocenters. The van der Waals surface area contributed by atoms with Crippen molar-refractivity contribution in [3.05, 3.63) is 0 Å². The Morgan fingerprint density at radius 2 is 2.00 bits per heavy atom. The van der Waals surface area contributed by atoms with Crippen LogP contribution in [0.15, 0.2) is 0 Å². The van der Waals surface area contributed by atoms with Gasteiger partial charge in [0.25, 0.3) is 0 Å². The molecule has 2 N–H and O–H groups in total. The monoisotopic (exact) mass is 268 g/mol. The van der Waals surface area contributed by atoms with Gasteiger partial charge in [0.05, 0.1) is 6.61 Å². The fourth-order valence-corrected chi connectivity index (χ4v) is 3.20. The summed E-state index contributed by atoms with van der Waals surface area (Å²) in [6.07, 6.45) is 6.48. The third-order valence-corrected chi connectivity index (χ3v) is 4.79. The minimum Gasteiger partial charge on any atom is -0.380 e. The summed E-state index contributed by atoms with van der Waals surface area (Å²) in [4.78, 5) is 2.40. The van der Waals surface area contributed by atoms with E-state index in [1.807, 2.05) is 0 Å². The van der Waals surface area contributed by atoms with Crippen LogP contribution in [-0.4, -0.2) is 44.3 Å². The normalized spacial score (nSPS) is 30.8. The molecule has 0 aromatic carbocycles. The molecule has 2 fully saturated rings. The van der Waals surface area contributed by atoms with E-state index in [2.05, 4.69) is 25.8 Å². The largest absolute Gasteiger partial charge is 0.380 e. The van der Waals surface area contributed by atoms with Crippen molar-refractivity contribution in [1.29, 1.82) is 0 Å². The van der Waals surface area contributed by atoms with Crippen molar-refractivity contribution >= 4 is 0 Å². The lowest BCUT2D eigenvalue weighted by Crippen LogP contribution is -2.44. The number of nitrogens with zero attached hydrogens (tertiary/aromatic N) is 1. The summed E-state index contributed by atoms with van der Waals surface area (Å²) in [5.41, 5.74) is 6.77. The standard InChI is InChI=1S/C16H32N2O/c1-16(2)7-6-15(17)14(10-16)11-18(3)8-9-19-12-13-4-5-13/h13-15H,4-12,17H2,1-3H3. The van der Waals surface area contributed by atoms with E-state index in [1.54, 1.807) is 0 Å². The van der Waals surface area contributed by atoms with Gasteiger partial charge < -0.3 is 15.4 Å². The van der Waals surface area contributed by atoms with Gasteiger partial charge in [-0.3, -0.25) is 0 Å². The zero-order valence-corrected chi connectivity index (χ0v) is 13.0. The van der Waals surface area contributed by atoms with Crippen molar-refractivity contribution in [2.45, 2.75) is 52.0 Å². The lowest BCUT2D eigenvalue weighted by molar-refractivity contribution is 0.0828. The smallest absolute Gasteiger partial charge is 0.0593 e. The van der Waals surface area contributed by atoms with Gasteiger partial charge in [0, 0.05) is 25.7 Å². The second-order valence-electron chi connectivity index (χ2n) is 7.61. The molecule has 3 nitrogen and oxygen atoms in total. The molecule has 0 radical (unpaired) electrons. The van der Waals surface area contributed by atoms with Gasteiger partial charge in [0.1, 0.15) is 0 Å². The summed E-state index contributed by atoms with van der Waals surface area (Å²) in [5, 5.41) is 0. The molecular formula is C16H32N2O. The zero-order valence-electron chi connectivity index (χ0n) is 13.0. The third-order valence-electron chi connectivity index (χ3n) is 4.79. The highest BCUT2D eigenvalue weighted by molar-refractivity contribution is 4.88. The maximum atomic E-state index is 6.29. The minimum absolute atomic E-state index is 0.392. The summed E-state index contributed by atoms with van der Waals surface area (Å²) >= 11 is 0. The predicted octanol–water partition coefficient (Wildman–Crippen LogP) is 2.50. The van der Waals surface area contributed by atoms with Crippen molar-refractivity contribution in [1.82, 2.24) is 4.90 Å². The fourth-order valence-electron chi connectivity index (χ4n) is 3.20. The summed E-state index contributed by atoms with van der Waals surface area (Å²) in [6.45, 7) is 8.77. The van der Waals surface area contributed by atoms with E-state index in [4.69, 9.17) is 10.5 Å². The molecule has 0 bridgehead atoms. The average Bonchev–Trinajstić information content (AvgIpc) is 3.13. The molecule has 2 rings (SSSR count). The summed E-state index contributed by atoms with van der Waals surface area (Å²) in [6, 6.07) is 0.392. The molecule has 112 valence electrons. The highest BCUT2D eigenvalue weighted by Gasteiger charge is 2.33. The van der Waals surface area contributed by atoms with Crippen LogP contribution in [0.25, 0.3) is 0 Å². The van der Waals surface area contributed by atoms with Gasteiger partial charge in [0.2, 0.25) is 0 Å². The van der Waals surface area contributed by atoms with Gasteiger partial charge in [0.15, 0.2) is 0 Å². The van der Waals surface area contributed by atoms with Gasteiger partial charge in [-0.05, 0) is 56.4 Å². The Kier molecular flexibility index (Phi) is 5.27. The van der Waals surface area contributed by atoms with E-state index in [0.29, 0.717) is 17.4 Å². The van der Waals surface area contributed by atoms with Crippen molar-refractivity contribution < 1.29 is 4.74 Å². The highest BCUT2D eigenvalue weighted by atomic mass is 16.5. The summed E-state index contributed by atoms with van der Waals surface area (Å²) < 4.78 is 5.71. The van der Waals surface area contributed by atoms with Gasteiger partial charge in [-0.1, -0.05) is 13.8 Å². The molecule has 0 aliphatic heterocycles. The van der Waals surface area contributed by atoms with Gasteiger partial charge in [-0.15, -0.1) is 0 Å². The number of likely N-dealkylation sites (N-methyl/N-ethyl adjacent to an activating group) is 1. The Bertz CT molecular complexity index is 276. The van der Waals surface area contributed by atoms with Gasteiger partial charge >= 0.3 is 0 Å². The SMILES string of the molecule is CN(CCOCC1CC1)CC1CC(C)(C)CCC1N. The lowest BCUT2D eigenvalue weighted by Gasteiger charge is -2.40. The van der Waals surface area contributed by atoms with E-state index >= 15 is 0 Å². The van der Waals surface area contributed by atoms with Crippen LogP contribution in [-0.2, 0) is 4.74 Å². The molecule has 2 atom stereocenters. The van der Waals surface area contributed by atoms with Crippen LogP contribution in [0.4, 0.5) is 0 Å². The maximum Gasteiger partial charge on any atom is 0.0593 e. The highest BCUT2D eigenvalue weighted by Crippen LogP contribution is 2.38. The molecule has 19 heavy (non-hydrogen) atoms. The molecule has 0 aromatic heterocycles. The first-order valence-corrected chi connectivity index (χ1v) is 7.98. The molecule has 2 aliphatic carbocycles. The van der Waals surface area contributed by atoms with Crippen LogP contribution in [0.1, 0.15) is 46.0 Å². The Morgan fingerprint density at radius 1 is 1.26 bits per heavy atom. The summed E-state index contributed by atoms with van der Waals surface area (Å²) in [5.74, 6) is 1.52. The van der Waals surface area contributed by atoms with Crippen molar-refractivity contribution in [2.24, 2.45) is 23.0 Å². The van der Waals surface area contributed by atoms with E-state index in [0.717, 1.165) is 32.2 Å².